The van der Waals surface area contributed by atoms with Crippen molar-refractivity contribution in [1.82, 2.24) is 4.90 Å². The molecule has 5 saturated carbocycles. The maximum atomic E-state index is 14.0. The van der Waals surface area contributed by atoms with Gasteiger partial charge in [-0.05, 0) is 74.2 Å². The molecular formula is C18H25N3O2. The molecule has 6 aliphatic rings. The Bertz CT molecular complexity index is 1180. The molecule has 2 unspecified atom stereocenters. The van der Waals surface area contributed by atoms with Gasteiger partial charge in [0.2, 0.25) is 5.91 Å². The number of carbonyl (C=O) groups excluding carboxylic acids is 1. The van der Waals surface area contributed by atoms with E-state index in [0.717, 1.165) is 0 Å². The molecular weight excluding hydrogens is 290 g/mol. The fourth-order valence-corrected chi connectivity index (χ4v) is 3.52. The summed E-state index contributed by atoms with van der Waals surface area (Å²) < 4.78 is 147. The Morgan fingerprint density at radius 2 is 2.13 bits per heavy atom. The van der Waals surface area contributed by atoms with E-state index in [4.69, 9.17) is 29.0 Å². The quantitative estimate of drug-likeness (QED) is 0.794. The zero-order chi connectivity index (χ0) is 31.3. The molecule has 0 aromatic carbocycles. The summed E-state index contributed by atoms with van der Waals surface area (Å²) in [5.74, 6) is -11.4. The predicted octanol–water partition coefficient (Wildman–Crippen LogP) is 1.16. The van der Waals surface area contributed by atoms with Crippen molar-refractivity contribution in [3.8, 4) is 6.07 Å². The van der Waals surface area contributed by atoms with E-state index in [1.165, 1.54) is 6.07 Å². The highest BCUT2D eigenvalue weighted by Gasteiger charge is 2.62. The highest BCUT2D eigenvalue weighted by molar-refractivity contribution is 5.84. The van der Waals surface area contributed by atoms with Crippen molar-refractivity contribution in [2.45, 2.75) is 74.7 Å². The Kier molecular flexibility index (Phi) is 0.967. The molecule has 0 aromatic heterocycles. The molecule has 0 radical (unpaired) electrons. The van der Waals surface area contributed by atoms with Crippen LogP contribution in [-0.4, -0.2) is 39.6 Å². The van der Waals surface area contributed by atoms with Crippen LogP contribution in [0.3, 0.4) is 0 Å². The second-order valence-corrected chi connectivity index (χ2v) is 6.19. The van der Waals surface area contributed by atoms with Crippen LogP contribution < -0.4 is 5.73 Å². The predicted molar refractivity (Wildman–Crippen MR) is 82.8 cm³/mol. The van der Waals surface area contributed by atoms with E-state index in [2.05, 4.69) is 0 Å². The Morgan fingerprint density at radius 3 is 2.78 bits per heavy atom. The van der Waals surface area contributed by atoms with E-state index in [1.807, 2.05) is 0 Å². The Morgan fingerprint density at radius 1 is 1.43 bits per heavy atom. The van der Waals surface area contributed by atoms with Gasteiger partial charge in [-0.1, -0.05) is 0 Å². The SMILES string of the molecule is [2H]C1([2H])[C@@H]2C[C@@H]2N(C(=O)[C@]([2H])(N)C23C([2H])([2H])C4([2H])C([2H])([2H])C([2H])(C([2H])([2H])C(O)(C4([2H])[2H])C2([2H])[2H])C3([2H])[2H])[C@@H]1C#N. The van der Waals surface area contributed by atoms with Gasteiger partial charge >= 0.3 is 0 Å². The summed E-state index contributed by atoms with van der Waals surface area (Å²) in [6.07, 6.45) is -28.4. The Labute approximate surface area is 160 Å². The molecule has 3 N–H and O–H groups in total. The van der Waals surface area contributed by atoms with Gasteiger partial charge in [-0.15, -0.1) is 0 Å². The van der Waals surface area contributed by atoms with Gasteiger partial charge in [-0.3, -0.25) is 4.79 Å². The van der Waals surface area contributed by atoms with Gasteiger partial charge in [0.25, 0.3) is 0 Å². The molecule has 1 amide bonds. The van der Waals surface area contributed by atoms with Crippen LogP contribution in [0.5, 0.6) is 0 Å². The number of fused-ring (bicyclic) bond motifs is 1. The lowest BCUT2D eigenvalue weighted by Gasteiger charge is -2.61. The van der Waals surface area contributed by atoms with Gasteiger partial charge in [-0.25, -0.2) is 0 Å². The molecule has 1 aliphatic heterocycles. The van der Waals surface area contributed by atoms with Crippen molar-refractivity contribution in [2.75, 3.05) is 0 Å². The first-order valence-electron chi connectivity index (χ1n) is 15.7. The van der Waals surface area contributed by atoms with E-state index >= 15 is 0 Å². The molecule has 5 nitrogen and oxygen atoms in total. The maximum Gasteiger partial charge on any atom is 0.241 e. The van der Waals surface area contributed by atoms with Crippen molar-refractivity contribution in [3.05, 3.63) is 0 Å². The first-order valence-corrected chi connectivity index (χ1v) is 7.20. The third kappa shape index (κ3) is 1.88. The van der Waals surface area contributed by atoms with Crippen LogP contribution in [0, 0.1) is 34.5 Å². The number of piperidine rings is 1. The molecule has 6 atom stereocenters. The minimum atomic E-state index is -4.46. The van der Waals surface area contributed by atoms with Crippen LogP contribution in [0.15, 0.2) is 0 Å². The molecule has 1 saturated heterocycles. The molecule has 1 heterocycles. The van der Waals surface area contributed by atoms with Gasteiger partial charge in [0.15, 0.2) is 0 Å². The van der Waals surface area contributed by atoms with E-state index in [-0.39, 0.29) is 6.42 Å². The lowest BCUT2D eigenvalue weighted by molar-refractivity contribution is -0.177. The number of amides is 1. The minimum Gasteiger partial charge on any atom is -0.390 e. The molecule has 5 aliphatic carbocycles. The zero-order valence-corrected chi connectivity index (χ0v) is 11.8. The Balaban J connectivity index is 1.93. The number of nitrogens with zero attached hydrogens (tertiary/aromatic N) is 2. The number of hydrogen-bond donors (Lipinski definition) is 2. The number of likely N-dealkylation sites (tertiary alicyclic amines) is 1. The Hall–Kier alpha value is -1.12. The first-order chi connectivity index (χ1) is 17.5. The molecule has 124 valence electrons. The summed E-state index contributed by atoms with van der Waals surface area (Å²) in [5.41, 5.74) is -2.76. The number of carbonyl (C=O) groups is 1. The van der Waals surface area contributed by atoms with Crippen molar-refractivity contribution >= 4 is 5.91 Å². The lowest BCUT2D eigenvalue weighted by Crippen LogP contribution is -2.64. The molecule has 4 bridgehead atoms. The highest BCUT2D eigenvalue weighted by Crippen LogP contribution is 2.63. The number of nitrogens with two attached hydrogens (primary N) is 1. The second-order valence-electron chi connectivity index (χ2n) is 6.19. The molecule has 6 rings (SSSR count). The van der Waals surface area contributed by atoms with Crippen LogP contribution in [0.25, 0.3) is 0 Å². The van der Waals surface area contributed by atoms with Crippen LogP contribution in [0.1, 0.15) is 74.3 Å². The van der Waals surface area contributed by atoms with Crippen LogP contribution in [0.4, 0.5) is 0 Å². The summed E-state index contributed by atoms with van der Waals surface area (Å²) in [5, 5.41) is 21.3. The van der Waals surface area contributed by atoms with Gasteiger partial charge in [0.05, 0.1) is 19.1 Å². The van der Waals surface area contributed by atoms with Gasteiger partial charge in [0.1, 0.15) is 6.04 Å². The first kappa shape index (κ1) is 5.19. The molecule has 0 aromatic rings. The topological polar surface area (TPSA) is 90.3 Å². The van der Waals surface area contributed by atoms with E-state index in [9.17, 15) is 15.2 Å². The monoisotopic (exact) mass is 332 g/mol. The fourth-order valence-electron chi connectivity index (χ4n) is 3.52. The van der Waals surface area contributed by atoms with E-state index in [0.29, 0.717) is 4.90 Å². The van der Waals surface area contributed by atoms with Crippen LogP contribution in [0.2, 0.25) is 0 Å². The molecule has 6 fully saturated rings. The minimum absolute atomic E-state index is 0.0605. The molecule has 0 spiro atoms. The molecule has 23 heavy (non-hydrogen) atoms. The highest BCUT2D eigenvalue weighted by atomic mass is 16.3. The maximum absolute atomic E-state index is 14.0. The van der Waals surface area contributed by atoms with Crippen LogP contribution >= 0.6 is 0 Å². The van der Waals surface area contributed by atoms with Gasteiger partial charge in [0, 0.05) is 28.0 Å². The molecule has 5 heteroatoms. The summed E-state index contributed by atoms with van der Waals surface area (Å²) in [6.45, 7) is 0. The fraction of sp³-hybridized carbons (Fsp3) is 0.889. The average molecular weight is 333 g/mol. The second kappa shape index (κ2) is 4.29. The summed E-state index contributed by atoms with van der Waals surface area (Å²) in [6, 6.07) is -5.70. The smallest absolute Gasteiger partial charge is 0.241 e. The summed E-state index contributed by atoms with van der Waals surface area (Å²) in [4.78, 5) is 14.5. The van der Waals surface area contributed by atoms with Crippen molar-refractivity contribution in [1.29, 1.82) is 5.26 Å². The van der Waals surface area contributed by atoms with Crippen molar-refractivity contribution in [2.24, 2.45) is 28.9 Å². The average Bonchev–Trinajstić information content (AvgIpc) is 3.54. The van der Waals surface area contributed by atoms with Crippen molar-refractivity contribution in [3.63, 3.8) is 0 Å². The number of aliphatic hydroxyl groups is 1. The van der Waals surface area contributed by atoms with Gasteiger partial charge < -0.3 is 15.7 Å². The summed E-state index contributed by atoms with van der Waals surface area (Å²) >= 11 is 0. The van der Waals surface area contributed by atoms with E-state index in [1.54, 1.807) is 0 Å². The summed E-state index contributed by atoms with van der Waals surface area (Å²) in [7, 11) is 0. The number of hydrogen-bond acceptors (Lipinski definition) is 4. The third-order valence-electron chi connectivity index (χ3n) is 4.61. The van der Waals surface area contributed by atoms with Crippen molar-refractivity contribution < 1.29 is 33.2 Å². The number of rotatable bonds is 2. The lowest BCUT2D eigenvalue weighted by atomic mass is 9.46. The standard InChI is InChI=1S/C18H25N3O2/c19-8-13-2-12-3-14(12)21(13)16(22)15(20)17-4-10-1-11(5-17)7-18(23,6-10)9-17/h10-15,23H,1-7,9,20H2/t10?,11?,12-,13+,14+,15+,17?,18?/m1/s1/i1D2,2D2,4D2,5D2,6D2,7D2,9D2,10D,11D,15D. The van der Waals surface area contributed by atoms with E-state index < -0.39 is 97.3 Å². The van der Waals surface area contributed by atoms with Crippen LogP contribution in [-0.2, 0) is 4.79 Å². The zero-order valence-electron chi connectivity index (χ0n) is 28.8. The normalized spacial score (nSPS) is 87.8. The number of nitriles is 1. The third-order valence-corrected chi connectivity index (χ3v) is 4.61. The van der Waals surface area contributed by atoms with Gasteiger partial charge in [-0.2, -0.15) is 5.26 Å². The largest absolute Gasteiger partial charge is 0.390 e.